The first kappa shape index (κ1) is 28.4. The second-order valence-electron chi connectivity index (χ2n) is 12.7. The zero-order valence-electron chi connectivity index (χ0n) is 24.6. The number of nitrogens with zero attached hydrogens (tertiary/aromatic N) is 3. The van der Waals surface area contributed by atoms with Crippen LogP contribution in [0.3, 0.4) is 0 Å². The Balaban J connectivity index is 1.35. The highest BCUT2D eigenvalue weighted by molar-refractivity contribution is 5.99. The fraction of sp³-hybridized carbons (Fsp3) is 0.594. The van der Waals surface area contributed by atoms with Crippen LogP contribution in [-0.2, 0) is 20.8 Å². The highest BCUT2D eigenvalue weighted by Gasteiger charge is 2.34. The van der Waals surface area contributed by atoms with Crippen LogP contribution in [0.1, 0.15) is 90.2 Å². The number of pyridine rings is 1. The molecule has 0 atom stereocenters. The number of carbonyl (C=O) groups excluding carboxylic acids is 2. The van der Waals surface area contributed by atoms with Crippen molar-refractivity contribution in [2.24, 2.45) is 5.92 Å². The van der Waals surface area contributed by atoms with Gasteiger partial charge in [-0.05, 0) is 103 Å². The Morgan fingerprint density at radius 1 is 1.02 bits per heavy atom. The number of fused-ring (bicyclic) bond motifs is 2. The van der Waals surface area contributed by atoms with Gasteiger partial charge in [0, 0.05) is 30.8 Å². The lowest BCUT2D eigenvalue weighted by molar-refractivity contribution is -0.124. The Hall–Kier alpha value is -3.13. The van der Waals surface area contributed by atoms with E-state index < -0.39 is 5.60 Å². The Kier molecular flexibility index (Phi) is 8.36. The second-order valence-corrected chi connectivity index (χ2v) is 12.7. The van der Waals surface area contributed by atoms with Crippen LogP contribution in [0.15, 0.2) is 36.5 Å². The Morgan fingerprint density at radius 3 is 2.42 bits per heavy atom. The molecular formula is C32H44N4O4. The number of benzene rings is 1. The fourth-order valence-electron chi connectivity index (χ4n) is 6.16. The van der Waals surface area contributed by atoms with Crippen molar-refractivity contribution in [1.82, 2.24) is 9.88 Å². The zero-order valence-corrected chi connectivity index (χ0v) is 24.6. The molecule has 2 aliphatic heterocycles. The molecule has 8 nitrogen and oxygen atoms in total. The molecule has 40 heavy (non-hydrogen) atoms. The highest BCUT2D eigenvalue weighted by Crippen LogP contribution is 2.41. The van der Waals surface area contributed by atoms with Gasteiger partial charge >= 0.3 is 6.09 Å². The summed E-state index contributed by atoms with van der Waals surface area (Å²) in [4.78, 5) is 35.0. The third kappa shape index (κ3) is 6.60. The van der Waals surface area contributed by atoms with Crippen LogP contribution in [-0.4, -0.2) is 52.8 Å². The SMILES string of the molecule is CC(C)O[C@H]1CC[C@H](C(=O)N2Cc3cccnc3Nc3ccc(C4CCN(C(=O)OC(C)(C)C)CC4)cc32)CC1. The maximum Gasteiger partial charge on any atom is 0.410 e. The van der Waals surface area contributed by atoms with Crippen molar-refractivity contribution in [3.8, 4) is 0 Å². The van der Waals surface area contributed by atoms with Crippen LogP contribution < -0.4 is 10.2 Å². The number of piperidine rings is 1. The summed E-state index contributed by atoms with van der Waals surface area (Å²) in [5.74, 6) is 1.28. The Labute approximate surface area is 238 Å². The summed E-state index contributed by atoms with van der Waals surface area (Å²) in [7, 11) is 0. The summed E-state index contributed by atoms with van der Waals surface area (Å²) >= 11 is 0. The number of likely N-dealkylation sites (tertiary alicyclic amines) is 1. The van der Waals surface area contributed by atoms with Crippen LogP contribution in [0, 0.1) is 5.92 Å². The molecule has 0 radical (unpaired) electrons. The minimum Gasteiger partial charge on any atom is -0.444 e. The number of rotatable bonds is 4. The molecule has 0 bridgehead atoms. The first-order valence-electron chi connectivity index (χ1n) is 14.9. The normalized spacial score (nSPS) is 21.8. The fourth-order valence-corrected chi connectivity index (χ4v) is 6.16. The van der Waals surface area contributed by atoms with E-state index in [9.17, 15) is 9.59 Å². The van der Waals surface area contributed by atoms with E-state index in [0.717, 1.165) is 61.3 Å². The Morgan fingerprint density at radius 2 is 1.75 bits per heavy atom. The van der Waals surface area contributed by atoms with E-state index >= 15 is 0 Å². The van der Waals surface area contributed by atoms with Crippen molar-refractivity contribution in [2.75, 3.05) is 23.3 Å². The number of hydrogen-bond donors (Lipinski definition) is 1. The van der Waals surface area contributed by atoms with Gasteiger partial charge in [0.15, 0.2) is 0 Å². The smallest absolute Gasteiger partial charge is 0.410 e. The van der Waals surface area contributed by atoms with Crippen molar-refractivity contribution in [3.05, 3.63) is 47.7 Å². The van der Waals surface area contributed by atoms with Gasteiger partial charge in [-0.15, -0.1) is 0 Å². The maximum absolute atomic E-state index is 14.1. The van der Waals surface area contributed by atoms with Crippen LogP contribution in [0.5, 0.6) is 0 Å². The third-order valence-corrected chi connectivity index (χ3v) is 8.16. The molecule has 3 aliphatic rings. The number of amides is 2. The van der Waals surface area contributed by atoms with E-state index in [1.807, 2.05) is 42.7 Å². The van der Waals surface area contributed by atoms with Crippen LogP contribution in [0.2, 0.25) is 0 Å². The summed E-state index contributed by atoms with van der Waals surface area (Å²) in [6.07, 6.45) is 7.24. The summed E-state index contributed by atoms with van der Waals surface area (Å²) in [5, 5.41) is 3.50. The van der Waals surface area contributed by atoms with Gasteiger partial charge in [-0.25, -0.2) is 9.78 Å². The van der Waals surface area contributed by atoms with Crippen molar-refractivity contribution in [3.63, 3.8) is 0 Å². The maximum atomic E-state index is 14.1. The average molecular weight is 549 g/mol. The van der Waals surface area contributed by atoms with Gasteiger partial charge in [0.2, 0.25) is 5.91 Å². The van der Waals surface area contributed by atoms with Crippen LogP contribution >= 0.6 is 0 Å². The summed E-state index contributed by atoms with van der Waals surface area (Å²) in [5.41, 5.74) is 3.53. The summed E-state index contributed by atoms with van der Waals surface area (Å²) < 4.78 is 11.6. The van der Waals surface area contributed by atoms with Gasteiger partial charge in [-0.2, -0.15) is 0 Å². The van der Waals surface area contributed by atoms with E-state index in [1.54, 1.807) is 6.20 Å². The number of aromatic nitrogens is 1. The minimum atomic E-state index is -0.499. The number of carbonyl (C=O) groups is 2. The standard InChI is InChI=1S/C32H44N4O4/c1-21(2)39-26-11-8-23(9-12-26)30(37)36-20-25-7-6-16-33-29(25)34-27-13-10-24(19-28(27)36)22-14-17-35(18-15-22)31(38)40-32(3,4)5/h6-7,10,13,16,19,21-23,26H,8-9,11-12,14-15,17-18,20H2,1-5H3,(H,33,34)/t23-,26-. The molecule has 8 heteroatoms. The summed E-state index contributed by atoms with van der Waals surface area (Å²) in [6.45, 7) is 11.6. The van der Waals surface area contributed by atoms with Crippen molar-refractivity contribution >= 4 is 29.2 Å². The summed E-state index contributed by atoms with van der Waals surface area (Å²) in [6, 6.07) is 10.4. The number of hydrogen-bond acceptors (Lipinski definition) is 6. The third-order valence-electron chi connectivity index (χ3n) is 8.16. The van der Waals surface area contributed by atoms with Crippen molar-refractivity contribution in [2.45, 2.75) is 103 Å². The molecular weight excluding hydrogens is 504 g/mol. The predicted molar refractivity (Wildman–Crippen MR) is 157 cm³/mol. The zero-order chi connectivity index (χ0) is 28.4. The van der Waals surface area contributed by atoms with Gasteiger partial charge in [-0.3, -0.25) is 4.79 Å². The first-order valence-corrected chi connectivity index (χ1v) is 14.9. The molecule has 216 valence electrons. The largest absolute Gasteiger partial charge is 0.444 e. The molecule has 1 N–H and O–H groups in total. The molecule has 2 aromatic rings. The number of anilines is 3. The minimum absolute atomic E-state index is 0.0150. The van der Waals surface area contributed by atoms with E-state index in [4.69, 9.17) is 9.47 Å². The van der Waals surface area contributed by atoms with Gasteiger partial charge in [0.05, 0.1) is 30.1 Å². The van der Waals surface area contributed by atoms with E-state index in [0.29, 0.717) is 25.6 Å². The molecule has 1 saturated heterocycles. The second kappa shape index (κ2) is 11.8. The molecule has 0 spiro atoms. The van der Waals surface area contributed by atoms with Crippen molar-refractivity contribution in [1.29, 1.82) is 0 Å². The van der Waals surface area contributed by atoms with E-state index in [-0.39, 0.29) is 30.1 Å². The molecule has 1 aromatic carbocycles. The van der Waals surface area contributed by atoms with E-state index in [1.165, 1.54) is 5.56 Å². The molecule has 1 saturated carbocycles. The molecule has 0 unspecified atom stereocenters. The monoisotopic (exact) mass is 548 g/mol. The lowest BCUT2D eigenvalue weighted by Crippen LogP contribution is -2.41. The topological polar surface area (TPSA) is 84.0 Å². The van der Waals surface area contributed by atoms with Crippen molar-refractivity contribution < 1.29 is 19.1 Å². The van der Waals surface area contributed by atoms with Gasteiger partial charge in [-0.1, -0.05) is 12.1 Å². The average Bonchev–Trinajstić information content (AvgIpc) is 3.08. The number of ether oxygens (including phenoxy) is 2. The molecule has 1 aliphatic carbocycles. The molecule has 1 aromatic heterocycles. The first-order chi connectivity index (χ1) is 19.1. The van der Waals surface area contributed by atoms with Crippen LogP contribution in [0.25, 0.3) is 0 Å². The molecule has 2 fully saturated rings. The lowest BCUT2D eigenvalue weighted by atomic mass is 9.85. The molecule has 3 heterocycles. The Bertz CT molecular complexity index is 1210. The molecule has 2 amide bonds. The van der Waals surface area contributed by atoms with Gasteiger partial charge in [0.25, 0.3) is 0 Å². The van der Waals surface area contributed by atoms with Crippen LogP contribution in [0.4, 0.5) is 22.0 Å². The van der Waals surface area contributed by atoms with E-state index in [2.05, 4.69) is 42.3 Å². The van der Waals surface area contributed by atoms with Gasteiger partial charge < -0.3 is 24.6 Å². The highest BCUT2D eigenvalue weighted by atomic mass is 16.6. The predicted octanol–water partition coefficient (Wildman–Crippen LogP) is 6.77. The quantitative estimate of drug-likeness (QED) is 0.454. The number of nitrogens with one attached hydrogen (secondary N) is 1. The van der Waals surface area contributed by atoms with Gasteiger partial charge in [0.1, 0.15) is 11.4 Å². The lowest BCUT2D eigenvalue weighted by Gasteiger charge is -2.35. The molecule has 5 rings (SSSR count).